The molecule has 0 saturated carbocycles. The van der Waals surface area contributed by atoms with Gasteiger partial charge in [-0.25, -0.2) is 4.39 Å². The molecule has 0 aliphatic carbocycles. The van der Waals surface area contributed by atoms with Gasteiger partial charge >= 0.3 is 0 Å². The van der Waals surface area contributed by atoms with Crippen LogP contribution in [0, 0.1) is 5.82 Å². The van der Waals surface area contributed by atoms with Crippen LogP contribution in [0.3, 0.4) is 0 Å². The zero-order chi connectivity index (χ0) is 21.9. The monoisotopic (exact) mass is 452 g/mol. The molecule has 0 unspecified atom stereocenters. The van der Waals surface area contributed by atoms with Gasteiger partial charge in [-0.15, -0.1) is 0 Å². The number of nitrogens with zero attached hydrogens (tertiary/aromatic N) is 1. The molecular weight excluding hydrogens is 426 g/mol. The highest BCUT2D eigenvalue weighted by Crippen LogP contribution is 2.21. The summed E-state index contributed by atoms with van der Waals surface area (Å²) in [5.41, 5.74) is 0.922. The highest BCUT2D eigenvalue weighted by molar-refractivity contribution is 6.36. The second-order valence-corrected chi connectivity index (χ2v) is 7.91. The third-order valence-electron chi connectivity index (χ3n) is 4.73. The van der Waals surface area contributed by atoms with Crippen LogP contribution in [0.1, 0.15) is 55.8 Å². The van der Waals surface area contributed by atoms with Crippen LogP contribution >= 0.6 is 23.2 Å². The zero-order valence-electron chi connectivity index (χ0n) is 17.1. The van der Waals surface area contributed by atoms with Gasteiger partial charge in [-0.05, 0) is 48.9 Å². The Morgan fingerprint density at radius 2 is 1.70 bits per heavy atom. The van der Waals surface area contributed by atoms with Gasteiger partial charge in [0.1, 0.15) is 5.82 Å². The molecule has 0 radical (unpaired) electrons. The molecule has 4 nitrogen and oxygen atoms in total. The van der Waals surface area contributed by atoms with Crippen molar-refractivity contribution in [2.75, 3.05) is 18.0 Å². The first-order chi connectivity index (χ1) is 14.4. The van der Waals surface area contributed by atoms with Gasteiger partial charge in [0.15, 0.2) is 0 Å². The van der Waals surface area contributed by atoms with E-state index in [9.17, 15) is 14.0 Å². The summed E-state index contributed by atoms with van der Waals surface area (Å²) in [6.45, 7) is 2.65. The van der Waals surface area contributed by atoms with Crippen LogP contribution in [0.2, 0.25) is 10.0 Å². The molecule has 30 heavy (non-hydrogen) atoms. The van der Waals surface area contributed by atoms with Crippen molar-refractivity contribution in [2.24, 2.45) is 0 Å². The van der Waals surface area contributed by atoms with Crippen molar-refractivity contribution in [2.45, 2.75) is 45.4 Å². The van der Waals surface area contributed by atoms with Gasteiger partial charge in [-0.1, -0.05) is 55.8 Å². The Morgan fingerprint density at radius 1 is 1.00 bits per heavy atom. The maximum atomic E-state index is 13.3. The number of halogens is 3. The van der Waals surface area contributed by atoms with Crippen molar-refractivity contribution < 1.29 is 14.0 Å². The maximum Gasteiger partial charge on any atom is 0.252 e. The van der Waals surface area contributed by atoms with E-state index in [0.29, 0.717) is 22.7 Å². The Hall–Kier alpha value is -2.11. The third kappa shape index (κ3) is 7.62. The molecule has 2 aromatic rings. The number of carbonyl (C=O) groups excluding carboxylic acids is 2. The van der Waals surface area contributed by atoms with Gasteiger partial charge in [0.05, 0.1) is 10.6 Å². The Bertz CT molecular complexity index is 844. The molecule has 0 bridgehead atoms. The number of anilines is 1. The van der Waals surface area contributed by atoms with E-state index in [4.69, 9.17) is 23.2 Å². The molecule has 162 valence electrons. The summed E-state index contributed by atoms with van der Waals surface area (Å²) in [5.74, 6) is -0.754. The molecule has 0 spiro atoms. The first kappa shape index (κ1) is 24.2. The topological polar surface area (TPSA) is 49.4 Å². The average molecular weight is 453 g/mol. The van der Waals surface area contributed by atoms with Gasteiger partial charge in [-0.2, -0.15) is 0 Å². The zero-order valence-corrected chi connectivity index (χ0v) is 18.6. The van der Waals surface area contributed by atoms with E-state index in [0.717, 1.165) is 32.1 Å². The van der Waals surface area contributed by atoms with E-state index in [1.54, 1.807) is 29.2 Å². The van der Waals surface area contributed by atoms with Crippen LogP contribution < -0.4 is 10.2 Å². The lowest BCUT2D eigenvalue weighted by atomic mass is 10.1. The normalized spacial score (nSPS) is 10.7. The molecule has 1 N–H and O–H groups in total. The number of carbonyl (C=O) groups is 2. The smallest absolute Gasteiger partial charge is 0.252 e. The lowest BCUT2D eigenvalue weighted by Gasteiger charge is -2.23. The number of rotatable bonds is 11. The first-order valence-electron chi connectivity index (χ1n) is 10.2. The predicted molar refractivity (Wildman–Crippen MR) is 121 cm³/mol. The fourth-order valence-corrected chi connectivity index (χ4v) is 3.58. The van der Waals surface area contributed by atoms with Gasteiger partial charge < -0.3 is 10.2 Å². The molecule has 2 aromatic carbocycles. The summed E-state index contributed by atoms with van der Waals surface area (Å²) in [5, 5.41) is 3.49. The van der Waals surface area contributed by atoms with Gasteiger partial charge in [0, 0.05) is 30.2 Å². The van der Waals surface area contributed by atoms with Crippen LogP contribution in [0.25, 0.3) is 0 Å². The van der Waals surface area contributed by atoms with E-state index in [1.165, 1.54) is 18.2 Å². The summed E-state index contributed by atoms with van der Waals surface area (Å²) < 4.78 is 13.3. The van der Waals surface area contributed by atoms with Crippen molar-refractivity contribution >= 4 is 40.7 Å². The number of hydrogen-bond acceptors (Lipinski definition) is 2. The lowest BCUT2D eigenvalue weighted by Crippen LogP contribution is -2.38. The van der Waals surface area contributed by atoms with Gasteiger partial charge in [0.2, 0.25) is 5.91 Å². The second kappa shape index (κ2) is 12.6. The fourth-order valence-electron chi connectivity index (χ4n) is 3.08. The summed E-state index contributed by atoms with van der Waals surface area (Å²) in [6.07, 6.45) is 5.64. The number of unbranched alkanes of at least 4 members (excludes halogenated alkanes) is 4. The Kier molecular flexibility index (Phi) is 10.1. The molecule has 0 aliphatic heterocycles. The predicted octanol–water partition coefficient (Wildman–Crippen LogP) is 6.26. The maximum absolute atomic E-state index is 13.3. The number of nitrogens with one attached hydrogen (secondary N) is 1. The van der Waals surface area contributed by atoms with E-state index >= 15 is 0 Å². The van der Waals surface area contributed by atoms with Crippen molar-refractivity contribution in [1.29, 1.82) is 0 Å². The van der Waals surface area contributed by atoms with Crippen LogP contribution in [0.5, 0.6) is 0 Å². The Labute approximate surface area is 187 Å². The average Bonchev–Trinajstić information content (AvgIpc) is 2.71. The molecule has 0 aromatic heterocycles. The SMILES string of the molecule is CCCCCCCC(=O)N(CCNC(=O)c1ccc(Cl)cc1Cl)c1ccc(F)cc1. The van der Waals surface area contributed by atoms with Crippen LogP contribution in [0.15, 0.2) is 42.5 Å². The standard InChI is InChI=1S/C23H27Cl2FN2O2/c1-2-3-4-5-6-7-22(29)28(19-11-9-18(26)10-12-19)15-14-27-23(30)20-13-8-17(24)16-21(20)25/h8-13,16H,2-7,14-15H2,1H3,(H,27,30). The highest BCUT2D eigenvalue weighted by atomic mass is 35.5. The van der Waals surface area contributed by atoms with Gasteiger partial charge in [-0.3, -0.25) is 9.59 Å². The number of benzene rings is 2. The lowest BCUT2D eigenvalue weighted by molar-refractivity contribution is -0.118. The van der Waals surface area contributed by atoms with Crippen LogP contribution in [-0.4, -0.2) is 24.9 Å². The molecule has 0 saturated heterocycles. The second-order valence-electron chi connectivity index (χ2n) is 7.07. The summed E-state index contributed by atoms with van der Waals surface area (Å²) in [6, 6.07) is 10.4. The summed E-state index contributed by atoms with van der Waals surface area (Å²) in [7, 11) is 0. The van der Waals surface area contributed by atoms with Crippen LogP contribution in [-0.2, 0) is 4.79 Å². The van der Waals surface area contributed by atoms with E-state index in [2.05, 4.69) is 12.2 Å². The molecule has 7 heteroatoms. The van der Waals surface area contributed by atoms with E-state index in [-0.39, 0.29) is 35.7 Å². The first-order valence-corrected chi connectivity index (χ1v) is 11.0. The van der Waals surface area contributed by atoms with Gasteiger partial charge in [0.25, 0.3) is 5.91 Å². The van der Waals surface area contributed by atoms with E-state index in [1.807, 2.05) is 0 Å². The Balaban J connectivity index is 1.97. The largest absolute Gasteiger partial charge is 0.350 e. The number of hydrogen-bond donors (Lipinski definition) is 1. The minimum Gasteiger partial charge on any atom is -0.350 e. The van der Waals surface area contributed by atoms with Crippen LogP contribution in [0.4, 0.5) is 10.1 Å². The number of amides is 2. The summed E-state index contributed by atoms with van der Waals surface area (Å²) >= 11 is 11.9. The molecule has 0 atom stereocenters. The molecule has 2 rings (SSSR count). The minimum absolute atomic E-state index is 0.0446. The molecule has 0 aliphatic rings. The van der Waals surface area contributed by atoms with Crippen molar-refractivity contribution in [1.82, 2.24) is 5.32 Å². The van der Waals surface area contributed by atoms with Crippen molar-refractivity contribution in [3.63, 3.8) is 0 Å². The summed E-state index contributed by atoms with van der Waals surface area (Å²) in [4.78, 5) is 26.8. The fraction of sp³-hybridized carbons (Fsp3) is 0.391. The quantitative estimate of drug-likeness (QED) is 0.409. The van der Waals surface area contributed by atoms with Crippen molar-refractivity contribution in [3.05, 3.63) is 63.9 Å². The minimum atomic E-state index is -0.364. The highest BCUT2D eigenvalue weighted by Gasteiger charge is 2.17. The molecular formula is C23H27Cl2FN2O2. The third-order valence-corrected chi connectivity index (χ3v) is 5.28. The Morgan fingerprint density at radius 3 is 2.37 bits per heavy atom. The van der Waals surface area contributed by atoms with E-state index < -0.39 is 0 Å². The molecule has 0 fully saturated rings. The van der Waals surface area contributed by atoms with Crippen molar-refractivity contribution in [3.8, 4) is 0 Å². The molecule has 0 heterocycles. The molecule has 2 amide bonds.